The number of hydrogen-bond donors (Lipinski definition) is 1. The molecule has 0 bridgehead atoms. The standard InChI is InChI=1S/C32H44ClN3O5SSi2/c1-31(2,3)43(7,8)39-18-21-15-25-24(17-34-21)35-20-36(25)28-16-26(29(42-28)30(37)38)41-27(22-13-11-12-14-23(22)33)19-40-44(9,10)32(4,5)6/h11-17,20,27H,18-19H2,1-10H3,(H,37,38)/t27-/m0/s1. The molecular formula is C32H44ClN3O5SSi2. The highest BCUT2D eigenvalue weighted by atomic mass is 35.5. The van der Waals surface area contributed by atoms with Crippen molar-refractivity contribution in [2.75, 3.05) is 6.61 Å². The van der Waals surface area contributed by atoms with Gasteiger partial charge in [-0.3, -0.25) is 9.55 Å². The summed E-state index contributed by atoms with van der Waals surface area (Å²) in [4.78, 5) is 21.6. The minimum atomic E-state index is -2.14. The number of fused-ring (bicyclic) bond motifs is 1. The van der Waals surface area contributed by atoms with Crippen molar-refractivity contribution >= 4 is 56.6 Å². The number of thiophene rings is 1. The Balaban J connectivity index is 1.69. The van der Waals surface area contributed by atoms with Crippen LogP contribution in [0.2, 0.25) is 41.3 Å². The topological polar surface area (TPSA) is 95.7 Å². The van der Waals surface area contributed by atoms with Crippen molar-refractivity contribution in [3.8, 4) is 10.8 Å². The smallest absolute Gasteiger partial charge is 0.349 e. The van der Waals surface area contributed by atoms with Crippen LogP contribution in [0, 0.1) is 0 Å². The van der Waals surface area contributed by atoms with E-state index in [1.54, 1.807) is 24.7 Å². The molecule has 0 radical (unpaired) electrons. The third-order valence-electron chi connectivity index (χ3n) is 8.92. The highest BCUT2D eigenvalue weighted by Gasteiger charge is 2.39. The van der Waals surface area contributed by atoms with Crippen LogP contribution < -0.4 is 4.74 Å². The maximum absolute atomic E-state index is 12.4. The second kappa shape index (κ2) is 12.7. The van der Waals surface area contributed by atoms with Crippen LogP contribution in [-0.2, 0) is 15.5 Å². The Morgan fingerprint density at radius 2 is 1.64 bits per heavy atom. The van der Waals surface area contributed by atoms with E-state index in [1.165, 1.54) is 0 Å². The molecule has 4 rings (SSSR count). The maximum atomic E-state index is 12.4. The van der Waals surface area contributed by atoms with Gasteiger partial charge in [-0.05, 0) is 48.4 Å². The third kappa shape index (κ3) is 7.46. The number of carboxylic acid groups (broad SMARTS) is 1. The molecule has 0 unspecified atom stereocenters. The first-order valence-electron chi connectivity index (χ1n) is 14.7. The van der Waals surface area contributed by atoms with E-state index in [1.807, 2.05) is 28.8 Å². The van der Waals surface area contributed by atoms with Crippen molar-refractivity contribution in [2.24, 2.45) is 0 Å². The van der Waals surface area contributed by atoms with Gasteiger partial charge in [0.15, 0.2) is 21.5 Å². The molecule has 3 aromatic heterocycles. The van der Waals surface area contributed by atoms with Gasteiger partial charge in [0.1, 0.15) is 28.7 Å². The molecule has 0 saturated heterocycles. The molecule has 238 valence electrons. The lowest BCUT2D eigenvalue weighted by atomic mass is 10.1. The van der Waals surface area contributed by atoms with Gasteiger partial charge in [-0.25, -0.2) is 9.78 Å². The number of carbonyl (C=O) groups is 1. The monoisotopic (exact) mass is 673 g/mol. The van der Waals surface area contributed by atoms with E-state index in [0.717, 1.165) is 28.1 Å². The lowest BCUT2D eigenvalue weighted by Crippen LogP contribution is -2.42. The van der Waals surface area contributed by atoms with E-state index in [0.29, 0.717) is 22.1 Å². The summed E-state index contributed by atoms with van der Waals surface area (Å²) in [6.45, 7) is 22.5. The minimum Gasteiger partial charge on any atom is -0.481 e. The number of hydrogen-bond acceptors (Lipinski definition) is 7. The Labute approximate surface area is 271 Å². The quantitative estimate of drug-likeness (QED) is 0.158. The van der Waals surface area contributed by atoms with Crippen LogP contribution in [0.25, 0.3) is 16.0 Å². The van der Waals surface area contributed by atoms with E-state index in [9.17, 15) is 9.90 Å². The van der Waals surface area contributed by atoms with Crippen LogP contribution in [-0.4, -0.2) is 48.9 Å². The van der Waals surface area contributed by atoms with E-state index in [2.05, 4.69) is 77.7 Å². The van der Waals surface area contributed by atoms with E-state index >= 15 is 0 Å². The van der Waals surface area contributed by atoms with Crippen LogP contribution in [0.4, 0.5) is 0 Å². The van der Waals surface area contributed by atoms with Gasteiger partial charge < -0.3 is 18.7 Å². The summed E-state index contributed by atoms with van der Waals surface area (Å²) in [6.07, 6.45) is 2.80. The molecule has 1 N–H and O–H groups in total. The first-order valence-corrected chi connectivity index (χ1v) is 21.7. The summed E-state index contributed by atoms with van der Waals surface area (Å²) in [5.41, 5.74) is 3.03. The number of halogens is 1. The summed E-state index contributed by atoms with van der Waals surface area (Å²) in [5.74, 6) is -0.826. The number of aromatic carboxylic acids is 1. The zero-order valence-corrected chi connectivity index (χ0v) is 30.9. The summed E-state index contributed by atoms with van der Waals surface area (Å²) >= 11 is 7.73. The Morgan fingerprint density at radius 1 is 1.00 bits per heavy atom. The van der Waals surface area contributed by atoms with Crippen molar-refractivity contribution in [1.29, 1.82) is 0 Å². The second-order valence-electron chi connectivity index (χ2n) is 14.1. The predicted molar refractivity (Wildman–Crippen MR) is 184 cm³/mol. The molecule has 1 atom stereocenters. The Morgan fingerprint density at radius 3 is 2.25 bits per heavy atom. The van der Waals surface area contributed by atoms with Crippen LogP contribution in [0.3, 0.4) is 0 Å². The van der Waals surface area contributed by atoms with Crippen molar-refractivity contribution in [3.63, 3.8) is 0 Å². The molecule has 0 saturated carbocycles. The first-order chi connectivity index (χ1) is 20.3. The lowest BCUT2D eigenvalue weighted by molar-refractivity contribution is 0.0688. The molecule has 3 heterocycles. The van der Waals surface area contributed by atoms with Gasteiger partial charge in [-0.15, -0.1) is 11.3 Å². The van der Waals surface area contributed by atoms with Crippen molar-refractivity contribution in [3.05, 3.63) is 70.1 Å². The number of aromatic nitrogens is 3. The van der Waals surface area contributed by atoms with Gasteiger partial charge >= 0.3 is 5.97 Å². The summed E-state index contributed by atoms with van der Waals surface area (Å²) < 4.78 is 21.3. The predicted octanol–water partition coefficient (Wildman–Crippen LogP) is 9.50. The van der Waals surface area contributed by atoms with E-state index in [4.69, 9.17) is 25.2 Å². The van der Waals surface area contributed by atoms with Crippen molar-refractivity contribution in [1.82, 2.24) is 14.5 Å². The van der Waals surface area contributed by atoms with Crippen molar-refractivity contribution in [2.45, 2.75) is 90.5 Å². The number of imidazole rings is 1. The summed E-state index contributed by atoms with van der Waals surface area (Å²) in [5, 5.41) is 11.4. The fraction of sp³-hybridized carbons (Fsp3) is 0.469. The number of rotatable bonds is 11. The molecule has 0 aliphatic heterocycles. The minimum absolute atomic E-state index is 0.00821. The Bertz CT molecular complexity index is 1640. The average molecular weight is 674 g/mol. The molecule has 12 heteroatoms. The Kier molecular flexibility index (Phi) is 9.90. The number of nitrogens with zero attached hydrogens (tertiary/aromatic N) is 3. The number of carboxylic acids is 1. The summed E-state index contributed by atoms with van der Waals surface area (Å²) in [7, 11) is -4.11. The normalized spacial score (nSPS) is 13.8. The molecule has 0 fully saturated rings. The zero-order chi connectivity index (χ0) is 32.7. The van der Waals surface area contributed by atoms with Gasteiger partial charge in [0.2, 0.25) is 0 Å². The molecular weight excluding hydrogens is 630 g/mol. The molecule has 0 aliphatic carbocycles. The lowest BCUT2D eigenvalue weighted by Gasteiger charge is -2.37. The van der Waals surface area contributed by atoms with Crippen molar-refractivity contribution < 1.29 is 23.5 Å². The van der Waals surface area contributed by atoms with Gasteiger partial charge in [0, 0.05) is 16.7 Å². The SMILES string of the molecule is CC(C)(C)[Si](C)(C)OCc1cc2c(cn1)ncn2-c1cc(O[C@@H](CO[Si](C)(C)C(C)(C)C)c2ccccc2Cl)c(C(=O)O)s1. The first kappa shape index (κ1) is 34.3. The fourth-order valence-corrected chi connectivity index (χ4v) is 7.09. The molecule has 0 spiro atoms. The van der Waals surface area contributed by atoms with E-state index < -0.39 is 28.7 Å². The number of ether oxygens (including phenoxy) is 1. The zero-order valence-electron chi connectivity index (χ0n) is 27.3. The molecule has 1 aromatic carbocycles. The number of pyridine rings is 1. The van der Waals surface area contributed by atoms with Gasteiger partial charge in [-0.1, -0.05) is 71.3 Å². The molecule has 8 nitrogen and oxygen atoms in total. The molecule has 44 heavy (non-hydrogen) atoms. The maximum Gasteiger partial charge on any atom is 0.349 e. The van der Waals surface area contributed by atoms with E-state index in [-0.39, 0.29) is 27.3 Å². The molecule has 0 aliphatic rings. The third-order valence-corrected chi connectivity index (χ3v) is 19.3. The van der Waals surface area contributed by atoms with Gasteiger partial charge in [0.05, 0.1) is 30.6 Å². The second-order valence-corrected chi connectivity index (χ2v) is 25.2. The molecule has 4 aromatic rings. The van der Waals surface area contributed by atoms with Crippen LogP contribution in [0.1, 0.15) is 68.6 Å². The van der Waals surface area contributed by atoms with Crippen LogP contribution >= 0.6 is 22.9 Å². The highest BCUT2D eigenvalue weighted by molar-refractivity contribution is 7.16. The Hall–Kier alpha value is -2.55. The number of benzene rings is 1. The van der Waals surface area contributed by atoms with Crippen LogP contribution in [0.15, 0.2) is 48.9 Å². The van der Waals surface area contributed by atoms with Gasteiger partial charge in [-0.2, -0.15) is 0 Å². The summed E-state index contributed by atoms with van der Waals surface area (Å²) in [6, 6.07) is 11.1. The highest BCUT2D eigenvalue weighted by Crippen LogP contribution is 2.41. The average Bonchev–Trinajstić information content (AvgIpc) is 3.53. The van der Waals surface area contributed by atoms with Gasteiger partial charge in [0.25, 0.3) is 0 Å². The largest absolute Gasteiger partial charge is 0.481 e. The fourth-order valence-electron chi connectivity index (χ4n) is 3.97. The van der Waals surface area contributed by atoms with Crippen LogP contribution in [0.5, 0.6) is 5.75 Å². The molecule has 0 amide bonds.